The number of nitrogens with two attached hydrogens (primary N) is 1. The molecule has 3 atom stereocenters. The summed E-state index contributed by atoms with van der Waals surface area (Å²) in [5.41, 5.74) is 7.34. The highest BCUT2D eigenvalue weighted by Gasteiger charge is 2.27. The van der Waals surface area contributed by atoms with E-state index in [0.717, 1.165) is 5.56 Å². The van der Waals surface area contributed by atoms with Crippen molar-refractivity contribution >= 4 is 30.4 Å². The van der Waals surface area contributed by atoms with Gasteiger partial charge in [0.2, 0.25) is 11.8 Å². The van der Waals surface area contributed by atoms with Crippen LogP contribution in [0.3, 0.4) is 0 Å². The molecular weight excluding hydrogens is 422 g/mol. The number of benzene rings is 2. The molecule has 10 heteroatoms. The first-order valence-corrected chi connectivity index (χ1v) is 10.1. The molecule has 0 aliphatic heterocycles. The second-order valence-corrected chi connectivity index (χ2v) is 7.36. The summed E-state index contributed by atoms with van der Waals surface area (Å²) in [5.74, 6) is -2.52. The molecule has 0 radical (unpaired) electrons. The Morgan fingerprint density at radius 1 is 0.806 bits per heavy atom. The molecule has 0 heterocycles. The van der Waals surface area contributed by atoms with Crippen molar-refractivity contribution in [1.29, 1.82) is 0 Å². The number of carboxylic acid groups (broad SMARTS) is 1. The van der Waals surface area contributed by atoms with Gasteiger partial charge in [0.1, 0.15) is 23.6 Å². The van der Waals surface area contributed by atoms with Gasteiger partial charge in [-0.1, -0.05) is 24.3 Å². The van der Waals surface area contributed by atoms with Crippen molar-refractivity contribution in [3.8, 4) is 11.5 Å². The zero-order valence-electron chi connectivity index (χ0n) is 16.6. The third kappa shape index (κ3) is 7.50. The highest BCUT2D eigenvalue weighted by Crippen LogP contribution is 2.13. The maximum absolute atomic E-state index is 12.7. The summed E-state index contributed by atoms with van der Waals surface area (Å²) in [6, 6.07) is 8.99. The minimum absolute atomic E-state index is 0.0470. The van der Waals surface area contributed by atoms with Crippen molar-refractivity contribution in [3.05, 3.63) is 59.7 Å². The molecule has 3 unspecified atom stereocenters. The standard InChI is InChI=1S/C21H25N3O6S/c22-16(9-12-1-5-14(25)6-2-12)19(27)23-17(10-13-3-7-15(26)8-4-13)20(28)24-18(11-31)21(29)30/h1-8,16-18,25-26,31H,9-11,22H2,(H,23,27)(H,24,28)(H,29,30). The molecule has 0 aliphatic rings. The van der Waals surface area contributed by atoms with E-state index < -0.39 is 35.9 Å². The lowest BCUT2D eigenvalue weighted by atomic mass is 10.0. The van der Waals surface area contributed by atoms with Crippen molar-refractivity contribution in [1.82, 2.24) is 10.6 Å². The number of carbonyl (C=O) groups is 3. The van der Waals surface area contributed by atoms with E-state index >= 15 is 0 Å². The molecule has 0 spiro atoms. The van der Waals surface area contributed by atoms with Gasteiger partial charge < -0.3 is 31.7 Å². The topological polar surface area (TPSA) is 162 Å². The zero-order chi connectivity index (χ0) is 23.0. The van der Waals surface area contributed by atoms with Crippen molar-refractivity contribution in [2.45, 2.75) is 31.0 Å². The molecule has 0 bridgehead atoms. The van der Waals surface area contributed by atoms with Gasteiger partial charge in [-0.15, -0.1) is 0 Å². The average Bonchev–Trinajstić information content (AvgIpc) is 2.74. The van der Waals surface area contributed by atoms with Crippen molar-refractivity contribution in [3.63, 3.8) is 0 Å². The van der Waals surface area contributed by atoms with E-state index in [9.17, 15) is 24.6 Å². The molecule has 2 rings (SSSR count). The van der Waals surface area contributed by atoms with Gasteiger partial charge in [0.05, 0.1) is 6.04 Å². The molecule has 2 amide bonds. The number of hydrogen-bond donors (Lipinski definition) is 7. The smallest absolute Gasteiger partial charge is 0.327 e. The summed E-state index contributed by atoms with van der Waals surface area (Å²) >= 11 is 3.93. The normalized spacial score (nSPS) is 13.6. The fourth-order valence-corrected chi connectivity index (χ4v) is 3.04. The van der Waals surface area contributed by atoms with Crippen molar-refractivity contribution in [2.24, 2.45) is 5.73 Å². The van der Waals surface area contributed by atoms with Crippen LogP contribution in [0.4, 0.5) is 0 Å². The minimum atomic E-state index is -1.25. The molecule has 0 saturated heterocycles. The molecule has 0 aromatic heterocycles. The molecule has 0 fully saturated rings. The van der Waals surface area contributed by atoms with Gasteiger partial charge in [-0.3, -0.25) is 9.59 Å². The molecule has 0 saturated carbocycles. The highest BCUT2D eigenvalue weighted by atomic mass is 32.1. The molecule has 0 aliphatic carbocycles. The van der Waals surface area contributed by atoms with Gasteiger partial charge in [0.15, 0.2) is 0 Å². The van der Waals surface area contributed by atoms with E-state index in [4.69, 9.17) is 10.8 Å². The van der Waals surface area contributed by atoms with E-state index in [1.165, 1.54) is 24.3 Å². The largest absolute Gasteiger partial charge is 0.508 e. The number of aliphatic carboxylic acids is 1. The summed E-state index contributed by atoms with van der Waals surface area (Å²) in [4.78, 5) is 36.6. The molecule has 166 valence electrons. The number of phenolic OH excluding ortho intramolecular Hbond substituents is 2. The zero-order valence-corrected chi connectivity index (χ0v) is 17.5. The number of amides is 2. The summed E-state index contributed by atoms with van der Waals surface area (Å²) < 4.78 is 0. The van der Waals surface area contributed by atoms with Crippen LogP contribution < -0.4 is 16.4 Å². The number of hydrogen-bond acceptors (Lipinski definition) is 7. The third-order valence-electron chi connectivity index (χ3n) is 4.54. The van der Waals surface area contributed by atoms with Gasteiger partial charge in [-0.25, -0.2) is 4.79 Å². The second kappa shape index (κ2) is 11.2. The van der Waals surface area contributed by atoms with Gasteiger partial charge in [0, 0.05) is 12.2 Å². The minimum Gasteiger partial charge on any atom is -0.508 e. The molecule has 9 nitrogen and oxygen atoms in total. The maximum Gasteiger partial charge on any atom is 0.327 e. The summed E-state index contributed by atoms with van der Waals surface area (Å²) in [7, 11) is 0. The average molecular weight is 448 g/mol. The van der Waals surface area contributed by atoms with Crippen LogP contribution in [0.25, 0.3) is 0 Å². The first kappa shape index (κ1) is 24.0. The first-order chi connectivity index (χ1) is 14.7. The molecule has 2 aromatic carbocycles. The van der Waals surface area contributed by atoms with Gasteiger partial charge >= 0.3 is 5.97 Å². The number of carbonyl (C=O) groups excluding carboxylic acids is 2. The highest BCUT2D eigenvalue weighted by molar-refractivity contribution is 7.80. The number of rotatable bonds is 10. The van der Waals surface area contributed by atoms with E-state index in [1.807, 2.05) is 0 Å². The van der Waals surface area contributed by atoms with E-state index in [-0.39, 0.29) is 30.1 Å². The van der Waals surface area contributed by atoms with Crippen molar-refractivity contribution in [2.75, 3.05) is 5.75 Å². The first-order valence-electron chi connectivity index (χ1n) is 9.45. The van der Waals surface area contributed by atoms with Crippen molar-refractivity contribution < 1.29 is 29.7 Å². The lowest BCUT2D eigenvalue weighted by Crippen LogP contribution is -2.55. The number of aromatic hydroxyl groups is 2. The maximum atomic E-state index is 12.7. The van der Waals surface area contributed by atoms with E-state index in [0.29, 0.717) is 5.56 Å². The van der Waals surface area contributed by atoms with Crippen LogP contribution in [-0.2, 0) is 27.2 Å². The lowest BCUT2D eigenvalue weighted by molar-refractivity contribution is -0.141. The second-order valence-electron chi connectivity index (χ2n) is 6.99. The summed E-state index contributed by atoms with van der Waals surface area (Å²) in [6.45, 7) is 0. The van der Waals surface area contributed by atoms with Crippen LogP contribution in [0.1, 0.15) is 11.1 Å². The number of phenols is 2. The van der Waals surface area contributed by atoms with E-state index in [2.05, 4.69) is 23.3 Å². The lowest BCUT2D eigenvalue weighted by Gasteiger charge is -2.22. The van der Waals surface area contributed by atoms with E-state index in [1.54, 1.807) is 24.3 Å². The van der Waals surface area contributed by atoms with Crippen LogP contribution in [-0.4, -0.2) is 57.0 Å². The van der Waals surface area contributed by atoms with Crippen LogP contribution in [0, 0.1) is 0 Å². The quantitative estimate of drug-likeness (QED) is 0.256. The number of carboxylic acids is 1. The molecule has 7 N–H and O–H groups in total. The monoisotopic (exact) mass is 447 g/mol. The van der Waals surface area contributed by atoms with Gasteiger partial charge in [-0.2, -0.15) is 12.6 Å². The van der Waals surface area contributed by atoms with Crippen LogP contribution in [0.5, 0.6) is 11.5 Å². The fourth-order valence-electron chi connectivity index (χ4n) is 2.79. The molecular formula is C21H25N3O6S. The Hall–Kier alpha value is -3.24. The number of thiol groups is 1. The summed E-state index contributed by atoms with van der Waals surface area (Å²) in [6.07, 6.45) is 0.233. The Balaban J connectivity index is 2.12. The Morgan fingerprint density at radius 2 is 1.26 bits per heavy atom. The SMILES string of the molecule is NC(Cc1ccc(O)cc1)C(=O)NC(Cc1ccc(O)cc1)C(=O)NC(CS)C(=O)O. The predicted molar refractivity (Wildman–Crippen MR) is 117 cm³/mol. The third-order valence-corrected chi connectivity index (χ3v) is 4.90. The summed E-state index contributed by atoms with van der Waals surface area (Å²) in [5, 5.41) is 32.9. The predicted octanol–water partition coefficient (Wildman–Crippen LogP) is 0.194. The fraction of sp³-hybridized carbons (Fsp3) is 0.286. The van der Waals surface area contributed by atoms with Crippen LogP contribution in [0.15, 0.2) is 48.5 Å². The molecule has 31 heavy (non-hydrogen) atoms. The molecule has 2 aromatic rings. The Morgan fingerprint density at radius 3 is 1.71 bits per heavy atom. The van der Waals surface area contributed by atoms with Gasteiger partial charge in [0.25, 0.3) is 0 Å². The van der Waals surface area contributed by atoms with Crippen LogP contribution >= 0.6 is 12.6 Å². The Kier molecular flexibility index (Phi) is 8.71. The van der Waals surface area contributed by atoms with Gasteiger partial charge in [-0.05, 0) is 41.8 Å². The Bertz CT molecular complexity index is 904. The van der Waals surface area contributed by atoms with Crippen LogP contribution in [0.2, 0.25) is 0 Å². The number of nitrogens with one attached hydrogen (secondary N) is 2. The Labute approximate surface area is 184 Å².